The molecular weight excluding hydrogens is 344 g/mol. The van der Waals surface area contributed by atoms with Crippen molar-refractivity contribution in [2.24, 2.45) is 11.0 Å². The van der Waals surface area contributed by atoms with E-state index in [1.807, 2.05) is 0 Å². The molecule has 0 heterocycles. The largest absolute Gasteiger partial charge is 0.494 e. The fourth-order valence-corrected chi connectivity index (χ4v) is 2.25. The molecule has 2 aromatic carbocycles. The van der Waals surface area contributed by atoms with Gasteiger partial charge in [0.25, 0.3) is 5.91 Å². The number of nitrogens with one attached hydrogen (secondary N) is 1. The second-order valence-electron chi connectivity index (χ2n) is 6.33. The van der Waals surface area contributed by atoms with Crippen molar-refractivity contribution in [1.82, 2.24) is 5.43 Å². The molecule has 27 heavy (non-hydrogen) atoms. The summed E-state index contributed by atoms with van der Waals surface area (Å²) < 4.78 is 10.4. The summed E-state index contributed by atoms with van der Waals surface area (Å²) in [5.41, 5.74) is 3.84. The van der Waals surface area contributed by atoms with E-state index < -0.39 is 5.97 Å². The van der Waals surface area contributed by atoms with E-state index in [2.05, 4.69) is 24.4 Å². The number of benzene rings is 2. The Morgan fingerprint density at radius 3 is 2.48 bits per heavy atom. The highest BCUT2D eigenvalue weighted by Crippen LogP contribution is 2.13. The number of amides is 1. The highest BCUT2D eigenvalue weighted by atomic mass is 16.5. The molecule has 142 valence electrons. The van der Waals surface area contributed by atoms with E-state index in [4.69, 9.17) is 9.47 Å². The number of hydrazone groups is 1. The van der Waals surface area contributed by atoms with Crippen LogP contribution in [0, 0.1) is 5.92 Å². The van der Waals surface area contributed by atoms with Crippen LogP contribution < -0.4 is 10.2 Å². The van der Waals surface area contributed by atoms with Crippen LogP contribution in [-0.4, -0.2) is 31.8 Å². The van der Waals surface area contributed by atoms with Crippen LogP contribution in [0.5, 0.6) is 5.75 Å². The number of methoxy groups -OCH3 is 1. The number of hydrogen-bond donors (Lipinski definition) is 1. The summed E-state index contributed by atoms with van der Waals surface area (Å²) in [6.07, 6.45) is 2.39. The third kappa shape index (κ3) is 6.26. The Morgan fingerprint density at radius 2 is 1.81 bits per heavy atom. The number of rotatable bonds is 8. The molecule has 0 fully saturated rings. The van der Waals surface area contributed by atoms with Crippen molar-refractivity contribution in [3.63, 3.8) is 0 Å². The number of ether oxygens (including phenoxy) is 2. The van der Waals surface area contributed by atoms with Crippen LogP contribution in [0.3, 0.4) is 0 Å². The summed E-state index contributed by atoms with van der Waals surface area (Å²) in [5.74, 6) is 0.492. The van der Waals surface area contributed by atoms with Gasteiger partial charge in [-0.1, -0.05) is 32.0 Å². The number of carbonyl (C=O) groups excluding carboxylic acids is 2. The van der Waals surface area contributed by atoms with Gasteiger partial charge in [0, 0.05) is 11.1 Å². The Kier molecular flexibility index (Phi) is 7.55. The summed E-state index contributed by atoms with van der Waals surface area (Å²) in [6, 6.07) is 13.7. The second kappa shape index (κ2) is 10.1. The van der Waals surface area contributed by atoms with Gasteiger partial charge < -0.3 is 9.47 Å². The maximum Gasteiger partial charge on any atom is 0.338 e. The minimum absolute atomic E-state index is 0.351. The fourth-order valence-electron chi connectivity index (χ4n) is 2.25. The SMILES string of the molecule is COC(=O)c1ccccc1/C=N\NC(=O)c1ccc(OCCC(C)C)cc1. The van der Waals surface area contributed by atoms with Gasteiger partial charge in [0.1, 0.15) is 5.75 Å². The Bertz CT molecular complexity index is 798. The molecule has 0 saturated carbocycles. The standard InChI is InChI=1S/C21H24N2O4/c1-15(2)12-13-27-18-10-8-16(9-11-18)20(24)23-22-14-17-6-4-5-7-19(17)21(25)26-3/h4-11,14-15H,12-13H2,1-3H3,(H,23,24)/b22-14-. The molecule has 0 aliphatic heterocycles. The summed E-state index contributed by atoms with van der Waals surface area (Å²) in [4.78, 5) is 23.9. The van der Waals surface area contributed by atoms with Gasteiger partial charge in [-0.05, 0) is 42.7 Å². The highest BCUT2D eigenvalue weighted by molar-refractivity contribution is 6.00. The molecule has 0 spiro atoms. The van der Waals surface area contributed by atoms with E-state index in [1.54, 1.807) is 48.5 Å². The van der Waals surface area contributed by atoms with Crippen molar-refractivity contribution in [3.05, 3.63) is 65.2 Å². The molecule has 0 unspecified atom stereocenters. The van der Waals surface area contributed by atoms with E-state index in [1.165, 1.54) is 13.3 Å². The second-order valence-corrected chi connectivity index (χ2v) is 6.33. The van der Waals surface area contributed by atoms with E-state index in [0.717, 1.165) is 12.2 Å². The molecule has 0 radical (unpaired) electrons. The molecule has 2 aromatic rings. The quantitative estimate of drug-likeness (QED) is 0.438. The Labute approximate surface area is 159 Å². The molecule has 0 aromatic heterocycles. The first-order chi connectivity index (χ1) is 13.0. The first-order valence-corrected chi connectivity index (χ1v) is 8.75. The average molecular weight is 368 g/mol. The highest BCUT2D eigenvalue weighted by Gasteiger charge is 2.09. The van der Waals surface area contributed by atoms with Gasteiger partial charge >= 0.3 is 5.97 Å². The maximum atomic E-state index is 12.2. The Hall–Kier alpha value is -3.15. The predicted molar refractivity (Wildman–Crippen MR) is 104 cm³/mol. The lowest BCUT2D eigenvalue weighted by Gasteiger charge is -2.08. The van der Waals surface area contributed by atoms with Crippen molar-refractivity contribution < 1.29 is 19.1 Å². The predicted octanol–water partition coefficient (Wildman–Crippen LogP) is 3.66. The normalized spacial score (nSPS) is 10.8. The zero-order valence-electron chi connectivity index (χ0n) is 15.8. The van der Waals surface area contributed by atoms with Crippen molar-refractivity contribution >= 4 is 18.1 Å². The van der Waals surface area contributed by atoms with Crippen molar-refractivity contribution in [2.45, 2.75) is 20.3 Å². The van der Waals surface area contributed by atoms with Gasteiger partial charge in [0.15, 0.2) is 0 Å². The first-order valence-electron chi connectivity index (χ1n) is 8.75. The molecule has 0 bridgehead atoms. The van der Waals surface area contributed by atoms with Crippen LogP contribution in [0.1, 0.15) is 46.5 Å². The molecule has 0 atom stereocenters. The summed E-state index contributed by atoms with van der Waals surface area (Å²) in [6.45, 7) is 4.93. The smallest absolute Gasteiger partial charge is 0.338 e. The van der Waals surface area contributed by atoms with Gasteiger partial charge in [-0.3, -0.25) is 4.79 Å². The van der Waals surface area contributed by atoms with Crippen LogP contribution in [0.15, 0.2) is 53.6 Å². The van der Waals surface area contributed by atoms with E-state index in [-0.39, 0.29) is 5.91 Å². The Morgan fingerprint density at radius 1 is 1.11 bits per heavy atom. The van der Waals surface area contributed by atoms with Crippen LogP contribution in [0.2, 0.25) is 0 Å². The lowest BCUT2D eigenvalue weighted by molar-refractivity contribution is 0.0600. The van der Waals surface area contributed by atoms with E-state index >= 15 is 0 Å². The third-order valence-electron chi connectivity index (χ3n) is 3.82. The van der Waals surface area contributed by atoms with Crippen LogP contribution in [0.4, 0.5) is 0 Å². The van der Waals surface area contributed by atoms with E-state index in [9.17, 15) is 9.59 Å². The lowest BCUT2D eigenvalue weighted by Crippen LogP contribution is -2.17. The minimum Gasteiger partial charge on any atom is -0.494 e. The van der Waals surface area contributed by atoms with Gasteiger partial charge in [-0.15, -0.1) is 0 Å². The van der Waals surface area contributed by atoms with Gasteiger partial charge in [-0.2, -0.15) is 5.10 Å². The summed E-state index contributed by atoms with van der Waals surface area (Å²) in [5, 5.41) is 3.92. The molecule has 1 amide bonds. The van der Waals surface area contributed by atoms with Crippen molar-refractivity contribution in [2.75, 3.05) is 13.7 Å². The van der Waals surface area contributed by atoms with Crippen molar-refractivity contribution in [3.8, 4) is 5.75 Å². The molecule has 0 aliphatic rings. The molecule has 0 aliphatic carbocycles. The fraction of sp³-hybridized carbons (Fsp3) is 0.286. The first kappa shape index (κ1) is 20.2. The van der Waals surface area contributed by atoms with E-state index in [0.29, 0.717) is 29.2 Å². The molecule has 1 N–H and O–H groups in total. The van der Waals surface area contributed by atoms with Gasteiger partial charge in [0.05, 0.1) is 25.5 Å². The molecule has 0 saturated heterocycles. The zero-order chi connectivity index (χ0) is 19.6. The maximum absolute atomic E-state index is 12.2. The van der Waals surface area contributed by atoms with Gasteiger partial charge in [-0.25, -0.2) is 10.2 Å². The number of esters is 1. The molecule has 2 rings (SSSR count). The Balaban J connectivity index is 1.94. The average Bonchev–Trinajstić information content (AvgIpc) is 2.68. The minimum atomic E-state index is -0.462. The van der Waals surface area contributed by atoms with Crippen LogP contribution in [-0.2, 0) is 4.74 Å². The third-order valence-corrected chi connectivity index (χ3v) is 3.82. The lowest BCUT2D eigenvalue weighted by atomic mass is 10.1. The number of hydrogen-bond acceptors (Lipinski definition) is 5. The topological polar surface area (TPSA) is 77.0 Å². The summed E-state index contributed by atoms with van der Waals surface area (Å²) in [7, 11) is 1.31. The molecule has 6 heteroatoms. The van der Waals surface area contributed by atoms with Crippen molar-refractivity contribution in [1.29, 1.82) is 0 Å². The molecule has 6 nitrogen and oxygen atoms in total. The van der Waals surface area contributed by atoms with Crippen LogP contribution >= 0.6 is 0 Å². The monoisotopic (exact) mass is 368 g/mol. The van der Waals surface area contributed by atoms with Crippen LogP contribution in [0.25, 0.3) is 0 Å². The number of nitrogens with zero attached hydrogens (tertiary/aromatic N) is 1. The number of carbonyl (C=O) groups is 2. The summed E-state index contributed by atoms with van der Waals surface area (Å²) >= 11 is 0. The van der Waals surface area contributed by atoms with Gasteiger partial charge in [0.2, 0.25) is 0 Å². The molecular formula is C21H24N2O4. The zero-order valence-corrected chi connectivity index (χ0v) is 15.8.